The van der Waals surface area contributed by atoms with E-state index in [1.807, 2.05) is 0 Å². The Morgan fingerprint density at radius 2 is 2.00 bits per heavy atom. The molecule has 2 unspecified atom stereocenters. The minimum absolute atomic E-state index is 0.0104. The standard InChI is InChI=1S/C13H22N2O5/c1-19-10-4-2-3-9(10)14-12(18)15-13(11(16)17)5-7-20-8-6-13/h9-10H,2-8H2,1H3,(H,16,17)(H2,14,15,18). The molecule has 0 spiro atoms. The first-order chi connectivity index (χ1) is 9.57. The summed E-state index contributed by atoms with van der Waals surface area (Å²) in [5, 5.41) is 14.8. The maximum absolute atomic E-state index is 12.1. The van der Waals surface area contributed by atoms with Crippen molar-refractivity contribution in [3.8, 4) is 0 Å². The van der Waals surface area contributed by atoms with E-state index in [0.717, 1.165) is 19.3 Å². The maximum Gasteiger partial charge on any atom is 0.329 e. The average Bonchev–Trinajstić information content (AvgIpc) is 2.86. The van der Waals surface area contributed by atoms with Gasteiger partial charge in [-0.3, -0.25) is 0 Å². The second kappa shape index (κ2) is 6.41. The number of methoxy groups -OCH3 is 1. The third kappa shape index (κ3) is 3.21. The van der Waals surface area contributed by atoms with E-state index in [0.29, 0.717) is 13.2 Å². The second-order valence-corrected chi connectivity index (χ2v) is 5.41. The number of hydrogen-bond acceptors (Lipinski definition) is 4. The molecule has 0 bridgehead atoms. The summed E-state index contributed by atoms with van der Waals surface area (Å²) in [6.07, 6.45) is 3.36. The van der Waals surface area contributed by atoms with Crippen LogP contribution >= 0.6 is 0 Å². The summed E-state index contributed by atoms with van der Waals surface area (Å²) >= 11 is 0. The average molecular weight is 286 g/mol. The van der Waals surface area contributed by atoms with Crippen LogP contribution in [-0.4, -0.2) is 55.1 Å². The predicted octanol–water partition coefficient (Wildman–Crippen LogP) is 0.487. The van der Waals surface area contributed by atoms with Crippen LogP contribution in [0.4, 0.5) is 4.79 Å². The van der Waals surface area contributed by atoms with Crippen molar-refractivity contribution in [1.29, 1.82) is 0 Å². The number of nitrogens with one attached hydrogen (secondary N) is 2. The lowest BCUT2D eigenvalue weighted by Gasteiger charge is -2.34. The zero-order valence-corrected chi connectivity index (χ0v) is 11.7. The quantitative estimate of drug-likeness (QED) is 0.698. The third-order valence-corrected chi connectivity index (χ3v) is 4.18. The van der Waals surface area contributed by atoms with E-state index in [1.165, 1.54) is 0 Å². The van der Waals surface area contributed by atoms with Crippen molar-refractivity contribution in [1.82, 2.24) is 10.6 Å². The highest BCUT2D eigenvalue weighted by atomic mass is 16.5. The zero-order valence-electron chi connectivity index (χ0n) is 11.7. The van der Waals surface area contributed by atoms with E-state index in [1.54, 1.807) is 7.11 Å². The summed E-state index contributed by atoms with van der Waals surface area (Å²) in [7, 11) is 1.62. The Hall–Kier alpha value is -1.34. The van der Waals surface area contributed by atoms with Crippen LogP contribution in [0.3, 0.4) is 0 Å². The molecule has 7 nitrogen and oxygen atoms in total. The van der Waals surface area contributed by atoms with Gasteiger partial charge in [0, 0.05) is 33.2 Å². The minimum atomic E-state index is -1.22. The van der Waals surface area contributed by atoms with E-state index in [-0.39, 0.29) is 25.0 Å². The molecule has 2 atom stereocenters. The highest BCUT2D eigenvalue weighted by Gasteiger charge is 2.42. The van der Waals surface area contributed by atoms with Crippen LogP contribution < -0.4 is 10.6 Å². The fourth-order valence-corrected chi connectivity index (χ4v) is 2.91. The normalized spacial score (nSPS) is 28.9. The largest absolute Gasteiger partial charge is 0.480 e. The van der Waals surface area contributed by atoms with Crippen molar-refractivity contribution in [3.63, 3.8) is 0 Å². The molecule has 7 heteroatoms. The molecule has 0 radical (unpaired) electrons. The second-order valence-electron chi connectivity index (χ2n) is 5.41. The van der Waals surface area contributed by atoms with Gasteiger partial charge in [0.15, 0.2) is 0 Å². The number of ether oxygens (including phenoxy) is 2. The number of amides is 2. The van der Waals surface area contributed by atoms with Crippen LogP contribution in [0.1, 0.15) is 32.1 Å². The van der Waals surface area contributed by atoms with Crippen molar-refractivity contribution < 1.29 is 24.2 Å². The molecule has 1 aliphatic heterocycles. The van der Waals surface area contributed by atoms with Gasteiger partial charge in [-0.05, 0) is 19.3 Å². The molecule has 0 aromatic carbocycles. The van der Waals surface area contributed by atoms with E-state index < -0.39 is 17.5 Å². The number of carboxylic acids is 1. The SMILES string of the molecule is COC1CCCC1NC(=O)NC1(C(=O)O)CCOCC1. The summed E-state index contributed by atoms with van der Waals surface area (Å²) in [4.78, 5) is 23.5. The fraction of sp³-hybridized carbons (Fsp3) is 0.846. The van der Waals surface area contributed by atoms with Gasteiger partial charge in [-0.2, -0.15) is 0 Å². The molecule has 2 rings (SSSR count). The first kappa shape index (κ1) is 15.1. The molecule has 2 aliphatic rings. The highest BCUT2D eigenvalue weighted by molar-refractivity contribution is 5.86. The Bertz CT molecular complexity index is 368. The maximum atomic E-state index is 12.1. The molecule has 1 saturated heterocycles. The van der Waals surface area contributed by atoms with Gasteiger partial charge in [0.25, 0.3) is 0 Å². The van der Waals surface area contributed by atoms with Crippen molar-refractivity contribution >= 4 is 12.0 Å². The predicted molar refractivity (Wildman–Crippen MR) is 70.5 cm³/mol. The molecule has 114 valence electrons. The molecule has 3 N–H and O–H groups in total. The van der Waals surface area contributed by atoms with Crippen molar-refractivity contribution in [2.75, 3.05) is 20.3 Å². The molecule has 2 amide bonds. The lowest BCUT2D eigenvalue weighted by molar-refractivity contribution is -0.148. The Balaban J connectivity index is 1.93. The van der Waals surface area contributed by atoms with E-state index in [4.69, 9.17) is 9.47 Å². The van der Waals surface area contributed by atoms with Gasteiger partial charge in [-0.15, -0.1) is 0 Å². The Labute approximate surface area is 118 Å². The first-order valence-electron chi connectivity index (χ1n) is 7.00. The van der Waals surface area contributed by atoms with Gasteiger partial charge >= 0.3 is 12.0 Å². The lowest BCUT2D eigenvalue weighted by Crippen LogP contribution is -2.61. The van der Waals surface area contributed by atoms with Gasteiger partial charge < -0.3 is 25.2 Å². The summed E-state index contributed by atoms with van der Waals surface area (Å²) in [5.74, 6) is -1.01. The Kier molecular flexibility index (Phi) is 4.82. The van der Waals surface area contributed by atoms with Crippen molar-refractivity contribution in [2.45, 2.75) is 49.8 Å². The lowest BCUT2D eigenvalue weighted by atomic mass is 9.90. The van der Waals surface area contributed by atoms with Crippen molar-refractivity contribution in [2.24, 2.45) is 0 Å². The van der Waals surface area contributed by atoms with E-state index >= 15 is 0 Å². The summed E-state index contributed by atoms with van der Waals surface area (Å²) in [5.41, 5.74) is -1.22. The summed E-state index contributed by atoms with van der Waals surface area (Å²) in [6.45, 7) is 0.688. The first-order valence-corrected chi connectivity index (χ1v) is 7.00. The van der Waals surface area contributed by atoms with E-state index in [9.17, 15) is 14.7 Å². The number of carbonyl (C=O) groups excluding carboxylic acids is 1. The number of hydrogen-bond donors (Lipinski definition) is 3. The van der Waals surface area contributed by atoms with Gasteiger partial charge in [-0.25, -0.2) is 9.59 Å². The zero-order chi connectivity index (χ0) is 14.6. The Morgan fingerprint density at radius 1 is 1.30 bits per heavy atom. The molecular weight excluding hydrogens is 264 g/mol. The van der Waals surface area contributed by atoms with Gasteiger partial charge in [-0.1, -0.05) is 0 Å². The van der Waals surface area contributed by atoms with Crippen LogP contribution in [0.25, 0.3) is 0 Å². The van der Waals surface area contributed by atoms with Gasteiger partial charge in [0.05, 0.1) is 12.1 Å². The van der Waals surface area contributed by atoms with Gasteiger partial charge in [0.2, 0.25) is 0 Å². The number of rotatable bonds is 4. The van der Waals surface area contributed by atoms with Crippen molar-refractivity contribution in [3.05, 3.63) is 0 Å². The number of carbonyl (C=O) groups is 2. The van der Waals surface area contributed by atoms with Crippen LogP contribution in [0.5, 0.6) is 0 Å². The monoisotopic (exact) mass is 286 g/mol. The summed E-state index contributed by atoms with van der Waals surface area (Å²) in [6, 6.07) is -0.492. The summed E-state index contributed by atoms with van der Waals surface area (Å²) < 4.78 is 10.5. The third-order valence-electron chi connectivity index (χ3n) is 4.18. The fourth-order valence-electron chi connectivity index (χ4n) is 2.91. The number of carboxylic acid groups (broad SMARTS) is 1. The molecule has 1 heterocycles. The molecule has 2 fully saturated rings. The number of urea groups is 1. The van der Waals surface area contributed by atoms with Crippen LogP contribution in [0, 0.1) is 0 Å². The molecule has 0 aromatic heterocycles. The van der Waals surface area contributed by atoms with Crippen LogP contribution in [-0.2, 0) is 14.3 Å². The highest BCUT2D eigenvalue weighted by Crippen LogP contribution is 2.23. The molecule has 1 saturated carbocycles. The molecule has 20 heavy (non-hydrogen) atoms. The van der Waals surface area contributed by atoms with E-state index in [2.05, 4.69) is 10.6 Å². The smallest absolute Gasteiger partial charge is 0.329 e. The number of aliphatic carboxylic acids is 1. The topological polar surface area (TPSA) is 96.9 Å². The van der Waals surface area contributed by atoms with Crippen LogP contribution in [0.2, 0.25) is 0 Å². The minimum Gasteiger partial charge on any atom is -0.480 e. The van der Waals surface area contributed by atoms with Crippen LogP contribution in [0.15, 0.2) is 0 Å². The molecular formula is C13H22N2O5. The van der Waals surface area contributed by atoms with Gasteiger partial charge in [0.1, 0.15) is 5.54 Å². The molecule has 1 aliphatic carbocycles. The Morgan fingerprint density at radius 3 is 2.60 bits per heavy atom. The molecule has 0 aromatic rings.